The molecule has 0 aliphatic rings. The van der Waals surface area contributed by atoms with Gasteiger partial charge in [-0.15, -0.1) is 22.7 Å². The lowest BCUT2D eigenvalue weighted by atomic mass is 10.4. The van der Waals surface area contributed by atoms with Crippen molar-refractivity contribution < 1.29 is 0 Å². The second-order valence-electron chi connectivity index (χ2n) is 3.12. The number of hydrogen-bond donors (Lipinski definition) is 1. The zero-order valence-corrected chi connectivity index (χ0v) is 12.2. The summed E-state index contributed by atoms with van der Waals surface area (Å²) in [6.07, 6.45) is 0. The topological polar surface area (TPSA) is 26.0 Å². The molecule has 1 aromatic heterocycles. The van der Waals surface area contributed by atoms with Crippen molar-refractivity contribution in [1.82, 2.24) is 0 Å². The third-order valence-corrected chi connectivity index (χ3v) is 5.62. The van der Waals surface area contributed by atoms with Gasteiger partial charge in [0, 0.05) is 21.2 Å². The van der Waals surface area contributed by atoms with Crippen LogP contribution >= 0.6 is 42.9 Å². The van der Waals surface area contributed by atoms with Crippen LogP contribution in [0.1, 0.15) is 4.88 Å². The molecule has 5 heteroatoms. The Hall–Kier alpha value is 0.01000. The molecule has 0 amide bonds. The maximum absolute atomic E-state index is 5.59. The monoisotopic (exact) mass is 285 g/mol. The van der Waals surface area contributed by atoms with Crippen LogP contribution in [0, 0.1) is 0 Å². The molecule has 0 aliphatic carbocycles. The smallest absolute Gasteiger partial charge is 0.0649 e. The highest BCUT2D eigenvalue weighted by molar-refractivity contribution is 8.43. The second kappa shape index (κ2) is 6.08. The molecule has 0 saturated carbocycles. The molecule has 2 N–H and O–H groups in total. The summed E-state index contributed by atoms with van der Waals surface area (Å²) in [4.78, 5) is 3.77. The summed E-state index contributed by atoms with van der Waals surface area (Å²) in [6, 6.07) is 12.8. The molecule has 0 fully saturated rings. The van der Waals surface area contributed by atoms with Crippen LogP contribution < -0.4 is 5.73 Å². The van der Waals surface area contributed by atoms with Crippen molar-refractivity contribution in [3.63, 3.8) is 0 Å². The summed E-state index contributed by atoms with van der Waals surface area (Å²) in [5.74, 6) is 0. The highest BCUT2D eigenvalue weighted by Gasteiger charge is 2.01. The number of benzene rings is 1. The first-order chi connectivity index (χ1) is 7.81. The van der Waals surface area contributed by atoms with Crippen LogP contribution in [0.4, 0.5) is 0 Å². The molecule has 0 bridgehead atoms. The maximum Gasteiger partial charge on any atom is 0.0649 e. The summed E-state index contributed by atoms with van der Waals surface area (Å²) in [7, 11) is 2.66. The minimum absolute atomic E-state index is 0.633. The zero-order chi connectivity index (χ0) is 11.4. The molecule has 0 aliphatic heterocycles. The normalized spacial score (nSPS) is 10.6. The summed E-state index contributed by atoms with van der Waals surface area (Å²) < 4.78 is 1.30. The average Bonchev–Trinajstić information content (AvgIpc) is 2.78. The molecule has 0 spiro atoms. The van der Waals surface area contributed by atoms with E-state index in [0.717, 1.165) is 0 Å². The van der Waals surface area contributed by atoms with Crippen LogP contribution in [0.2, 0.25) is 0 Å². The molecule has 1 nitrogen and oxygen atoms in total. The predicted molar refractivity (Wildman–Crippen MR) is 78.3 cm³/mol. The van der Waals surface area contributed by atoms with E-state index in [1.54, 1.807) is 34.5 Å². The van der Waals surface area contributed by atoms with Gasteiger partial charge < -0.3 is 5.73 Å². The van der Waals surface area contributed by atoms with Crippen molar-refractivity contribution in [2.75, 3.05) is 0 Å². The number of nitrogens with two attached hydrogens (primary N) is 1. The first-order valence-electron chi connectivity index (χ1n) is 4.75. The fraction of sp³-hybridized carbons (Fsp3) is 0.0909. The Morgan fingerprint density at radius 3 is 2.31 bits per heavy atom. The summed E-state index contributed by atoms with van der Waals surface area (Å²) in [5, 5.41) is 0. The lowest BCUT2D eigenvalue weighted by Gasteiger charge is -1.99. The molecular formula is C11H12NPS3. The van der Waals surface area contributed by atoms with Crippen LogP contribution in [0.15, 0.2) is 50.4 Å². The van der Waals surface area contributed by atoms with E-state index >= 15 is 0 Å². The van der Waals surface area contributed by atoms with Crippen LogP contribution in [-0.4, -0.2) is 0 Å². The van der Waals surface area contributed by atoms with Gasteiger partial charge in [-0.25, -0.2) is 0 Å². The predicted octanol–water partition coefficient (Wildman–Crippen LogP) is 4.24. The summed E-state index contributed by atoms with van der Waals surface area (Å²) >= 11 is 5.24. The van der Waals surface area contributed by atoms with E-state index in [4.69, 9.17) is 5.73 Å². The van der Waals surface area contributed by atoms with E-state index in [1.807, 2.05) is 0 Å². The molecule has 2 rings (SSSR count). The van der Waals surface area contributed by atoms with Gasteiger partial charge in [-0.05, 0) is 36.4 Å². The Balaban J connectivity index is 2.08. The molecule has 1 atom stereocenters. The molecule has 16 heavy (non-hydrogen) atoms. The number of rotatable bonds is 4. The largest absolute Gasteiger partial charge is 0.326 e. The van der Waals surface area contributed by atoms with Gasteiger partial charge >= 0.3 is 0 Å². The van der Waals surface area contributed by atoms with E-state index in [0.29, 0.717) is 6.54 Å². The van der Waals surface area contributed by atoms with E-state index in [9.17, 15) is 0 Å². The van der Waals surface area contributed by atoms with Gasteiger partial charge in [-0.3, -0.25) is 0 Å². The summed E-state index contributed by atoms with van der Waals surface area (Å²) in [5.41, 5.74) is 5.59. The first-order valence-corrected chi connectivity index (χ1v) is 8.68. The minimum atomic E-state index is 0.633. The van der Waals surface area contributed by atoms with E-state index in [1.165, 1.54) is 18.9 Å². The van der Waals surface area contributed by atoms with E-state index in [-0.39, 0.29) is 0 Å². The fourth-order valence-corrected chi connectivity index (χ4v) is 4.02. The van der Waals surface area contributed by atoms with Gasteiger partial charge in [0.25, 0.3) is 0 Å². The standard InChI is InChI=1S/C11H12NPS3/c12-7-10-5-6-11(15-10)14-8-1-3-9(16-13)4-2-8/h1-6H,7,12-13H2. The van der Waals surface area contributed by atoms with Crippen molar-refractivity contribution >= 4 is 42.9 Å². The van der Waals surface area contributed by atoms with Crippen LogP contribution in [0.3, 0.4) is 0 Å². The second-order valence-corrected chi connectivity index (χ2v) is 7.07. The highest BCUT2D eigenvalue weighted by atomic mass is 32.7. The molecule has 84 valence electrons. The molecule has 0 saturated heterocycles. The Bertz CT molecular complexity index is 453. The van der Waals surface area contributed by atoms with E-state index in [2.05, 4.69) is 44.8 Å². The van der Waals surface area contributed by atoms with Crippen molar-refractivity contribution in [2.45, 2.75) is 20.5 Å². The van der Waals surface area contributed by atoms with Crippen molar-refractivity contribution in [3.05, 3.63) is 41.3 Å². The van der Waals surface area contributed by atoms with Gasteiger partial charge in [-0.1, -0.05) is 20.2 Å². The van der Waals surface area contributed by atoms with Gasteiger partial charge in [0.2, 0.25) is 0 Å². The number of hydrogen-bond acceptors (Lipinski definition) is 4. The Morgan fingerprint density at radius 2 is 1.75 bits per heavy atom. The first kappa shape index (κ1) is 12.5. The number of thiophene rings is 1. The maximum atomic E-state index is 5.59. The molecule has 2 aromatic rings. The van der Waals surface area contributed by atoms with Crippen LogP contribution in [0.5, 0.6) is 0 Å². The molecule has 1 aromatic carbocycles. The quantitative estimate of drug-likeness (QED) is 0.851. The molecule has 0 radical (unpaired) electrons. The summed E-state index contributed by atoms with van der Waals surface area (Å²) in [6.45, 7) is 0.633. The minimum Gasteiger partial charge on any atom is -0.326 e. The Kier molecular flexibility index (Phi) is 4.74. The molecule has 1 heterocycles. The highest BCUT2D eigenvalue weighted by Crippen LogP contribution is 2.34. The van der Waals surface area contributed by atoms with Crippen LogP contribution in [0.25, 0.3) is 0 Å². The van der Waals surface area contributed by atoms with Gasteiger partial charge in [-0.2, -0.15) is 0 Å². The van der Waals surface area contributed by atoms with E-state index < -0.39 is 0 Å². The molecule has 1 unspecified atom stereocenters. The lowest BCUT2D eigenvalue weighted by Crippen LogP contribution is -1.90. The average molecular weight is 285 g/mol. The Labute approximate surface area is 110 Å². The molecular weight excluding hydrogens is 273 g/mol. The van der Waals surface area contributed by atoms with Crippen LogP contribution in [-0.2, 0) is 6.54 Å². The zero-order valence-electron chi connectivity index (χ0n) is 8.55. The van der Waals surface area contributed by atoms with Crippen molar-refractivity contribution in [2.24, 2.45) is 5.73 Å². The van der Waals surface area contributed by atoms with Crippen molar-refractivity contribution in [3.8, 4) is 0 Å². The Morgan fingerprint density at radius 1 is 1.06 bits per heavy atom. The van der Waals surface area contributed by atoms with Gasteiger partial charge in [0.1, 0.15) is 0 Å². The van der Waals surface area contributed by atoms with Gasteiger partial charge in [0.05, 0.1) is 4.21 Å². The fourth-order valence-electron chi connectivity index (χ4n) is 1.23. The third-order valence-electron chi connectivity index (χ3n) is 2.02. The lowest BCUT2D eigenvalue weighted by molar-refractivity contribution is 1.11. The van der Waals surface area contributed by atoms with Crippen molar-refractivity contribution in [1.29, 1.82) is 0 Å². The van der Waals surface area contributed by atoms with Gasteiger partial charge in [0.15, 0.2) is 0 Å². The third kappa shape index (κ3) is 3.25. The SMILES string of the molecule is NCc1ccc(Sc2ccc(SP)cc2)s1.